The molecule has 1 rings (SSSR count). The lowest BCUT2D eigenvalue weighted by Crippen LogP contribution is -2.19. The molecule has 80 valence electrons. The molecule has 0 aliphatic rings. The minimum absolute atomic E-state index is 0.140. The van der Waals surface area contributed by atoms with E-state index in [1.54, 1.807) is 0 Å². The van der Waals surface area contributed by atoms with Crippen LogP contribution in [0.15, 0.2) is 18.2 Å². The van der Waals surface area contributed by atoms with Gasteiger partial charge in [-0.3, -0.25) is 4.79 Å². The number of hydrogen-bond donors (Lipinski definition) is 1. The summed E-state index contributed by atoms with van der Waals surface area (Å²) in [5.74, 6) is -5.77. The van der Waals surface area contributed by atoms with Crippen LogP contribution in [0.25, 0.3) is 0 Å². The number of hydrogen-bond acceptors (Lipinski definition) is 2. The second-order valence-corrected chi connectivity index (χ2v) is 3.06. The van der Waals surface area contributed by atoms with Gasteiger partial charge >= 0.3 is 5.97 Å². The van der Waals surface area contributed by atoms with Crippen molar-refractivity contribution in [3.63, 3.8) is 0 Å². The Balaban J connectivity index is 3.02. The number of carbonyl (C=O) groups excluding carboxylic acids is 1. The van der Waals surface area contributed by atoms with E-state index >= 15 is 0 Å². The minimum atomic E-state index is -1.59. The van der Waals surface area contributed by atoms with Crippen molar-refractivity contribution >= 4 is 11.8 Å². The number of Topliss-reactive ketones (excluding diaryl/α,β-unsaturated/α-hetero) is 1. The van der Waals surface area contributed by atoms with Gasteiger partial charge in [-0.05, 0) is 17.7 Å². The highest BCUT2D eigenvalue weighted by Crippen LogP contribution is 2.18. The standard InChI is InChI=1S/C10H8F2O3/c1-5(9(13)10(14)15)6-2-3-7(11)8(12)4-6/h2-5H,1H3,(H,14,15). The van der Waals surface area contributed by atoms with Crippen LogP contribution in [-0.2, 0) is 9.59 Å². The highest BCUT2D eigenvalue weighted by molar-refractivity contribution is 6.34. The van der Waals surface area contributed by atoms with Crippen molar-refractivity contribution < 1.29 is 23.5 Å². The van der Waals surface area contributed by atoms with E-state index in [1.165, 1.54) is 13.0 Å². The average molecular weight is 214 g/mol. The first-order valence-electron chi connectivity index (χ1n) is 4.15. The van der Waals surface area contributed by atoms with Crippen LogP contribution >= 0.6 is 0 Å². The highest BCUT2D eigenvalue weighted by Gasteiger charge is 2.22. The van der Waals surface area contributed by atoms with Crippen LogP contribution in [0.1, 0.15) is 18.4 Å². The molecule has 0 saturated carbocycles. The normalized spacial score (nSPS) is 12.2. The van der Waals surface area contributed by atoms with Crippen molar-refractivity contribution in [1.29, 1.82) is 0 Å². The number of halogens is 2. The molecule has 1 unspecified atom stereocenters. The van der Waals surface area contributed by atoms with E-state index in [0.717, 1.165) is 12.1 Å². The third kappa shape index (κ3) is 2.37. The zero-order valence-corrected chi connectivity index (χ0v) is 7.83. The lowest BCUT2D eigenvalue weighted by atomic mass is 9.97. The predicted molar refractivity (Wildman–Crippen MR) is 47.4 cm³/mol. The van der Waals surface area contributed by atoms with Gasteiger partial charge < -0.3 is 5.11 Å². The van der Waals surface area contributed by atoms with Gasteiger partial charge in [0.1, 0.15) is 0 Å². The molecule has 1 aromatic carbocycles. The van der Waals surface area contributed by atoms with Crippen molar-refractivity contribution in [2.24, 2.45) is 0 Å². The maximum Gasteiger partial charge on any atom is 0.372 e. The van der Waals surface area contributed by atoms with Gasteiger partial charge in [0.05, 0.1) is 5.92 Å². The number of carbonyl (C=O) groups is 2. The summed E-state index contributed by atoms with van der Waals surface area (Å²) >= 11 is 0. The van der Waals surface area contributed by atoms with Gasteiger partial charge in [0.2, 0.25) is 5.78 Å². The summed E-state index contributed by atoms with van der Waals surface area (Å²) in [4.78, 5) is 21.4. The third-order valence-electron chi connectivity index (χ3n) is 2.05. The first kappa shape index (κ1) is 11.3. The molecule has 0 amide bonds. The van der Waals surface area contributed by atoms with Crippen molar-refractivity contribution in [2.45, 2.75) is 12.8 Å². The van der Waals surface area contributed by atoms with E-state index < -0.39 is 29.3 Å². The Morgan fingerprint density at radius 1 is 1.27 bits per heavy atom. The molecule has 0 aliphatic carbocycles. The molecule has 0 aromatic heterocycles. The molecule has 0 radical (unpaired) electrons. The SMILES string of the molecule is CC(C(=O)C(=O)O)c1ccc(F)c(F)c1. The van der Waals surface area contributed by atoms with Gasteiger partial charge in [0.15, 0.2) is 11.6 Å². The smallest absolute Gasteiger partial charge is 0.372 e. The first-order chi connectivity index (χ1) is 6.93. The van der Waals surface area contributed by atoms with Crippen LogP contribution in [0.2, 0.25) is 0 Å². The molecule has 0 fully saturated rings. The Hall–Kier alpha value is -1.78. The number of carboxylic acid groups (broad SMARTS) is 1. The van der Waals surface area contributed by atoms with E-state index in [1.807, 2.05) is 0 Å². The van der Waals surface area contributed by atoms with Gasteiger partial charge in [-0.1, -0.05) is 13.0 Å². The molecule has 0 heterocycles. The molecule has 1 atom stereocenters. The molecule has 1 N–H and O–H groups in total. The number of ketones is 1. The summed E-state index contributed by atoms with van der Waals surface area (Å²) in [5, 5.41) is 8.42. The van der Waals surface area contributed by atoms with E-state index in [-0.39, 0.29) is 5.56 Å². The van der Waals surface area contributed by atoms with Crippen molar-refractivity contribution in [1.82, 2.24) is 0 Å². The van der Waals surface area contributed by atoms with Crippen molar-refractivity contribution in [2.75, 3.05) is 0 Å². The summed E-state index contributed by atoms with van der Waals surface area (Å²) < 4.78 is 25.3. The largest absolute Gasteiger partial charge is 0.475 e. The van der Waals surface area contributed by atoms with Gasteiger partial charge in [0, 0.05) is 0 Å². The zero-order chi connectivity index (χ0) is 11.6. The maximum atomic E-state index is 12.8. The fourth-order valence-corrected chi connectivity index (χ4v) is 1.12. The number of benzene rings is 1. The minimum Gasteiger partial charge on any atom is -0.475 e. The molecule has 0 bridgehead atoms. The van der Waals surface area contributed by atoms with Crippen molar-refractivity contribution in [3.05, 3.63) is 35.4 Å². The van der Waals surface area contributed by atoms with Gasteiger partial charge in [-0.15, -0.1) is 0 Å². The molecule has 5 heteroatoms. The van der Waals surface area contributed by atoms with Crippen LogP contribution < -0.4 is 0 Å². The average Bonchev–Trinajstić information content (AvgIpc) is 2.19. The van der Waals surface area contributed by atoms with Crippen LogP contribution in [0, 0.1) is 11.6 Å². The van der Waals surface area contributed by atoms with Crippen LogP contribution in [0.3, 0.4) is 0 Å². The maximum absolute atomic E-state index is 12.8. The first-order valence-corrected chi connectivity index (χ1v) is 4.15. The second-order valence-electron chi connectivity index (χ2n) is 3.06. The van der Waals surface area contributed by atoms with Gasteiger partial charge in [0.25, 0.3) is 0 Å². The van der Waals surface area contributed by atoms with E-state index in [4.69, 9.17) is 5.11 Å². The van der Waals surface area contributed by atoms with E-state index in [2.05, 4.69) is 0 Å². The lowest BCUT2D eigenvalue weighted by Gasteiger charge is -2.07. The molecule has 0 saturated heterocycles. The van der Waals surface area contributed by atoms with E-state index in [9.17, 15) is 18.4 Å². The Morgan fingerprint density at radius 3 is 2.33 bits per heavy atom. The number of carboxylic acids is 1. The quantitative estimate of drug-likeness (QED) is 0.779. The summed E-state index contributed by atoms with van der Waals surface area (Å²) in [7, 11) is 0. The predicted octanol–water partition coefficient (Wildman–Crippen LogP) is 1.72. The number of aliphatic carboxylic acids is 1. The van der Waals surface area contributed by atoms with Gasteiger partial charge in [-0.2, -0.15) is 0 Å². The number of rotatable bonds is 3. The Kier molecular flexibility index (Phi) is 3.14. The molecule has 15 heavy (non-hydrogen) atoms. The second kappa shape index (κ2) is 4.16. The Labute approximate surface area is 84.3 Å². The summed E-state index contributed by atoms with van der Waals surface area (Å²) in [6.07, 6.45) is 0. The van der Waals surface area contributed by atoms with Crippen LogP contribution in [-0.4, -0.2) is 16.9 Å². The van der Waals surface area contributed by atoms with Crippen LogP contribution in [0.5, 0.6) is 0 Å². The van der Waals surface area contributed by atoms with Crippen molar-refractivity contribution in [3.8, 4) is 0 Å². The fraction of sp³-hybridized carbons (Fsp3) is 0.200. The Bertz CT molecular complexity index is 415. The van der Waals surface area contributed by atoms with E-state index in [0.29, 0.717) is 0 Å². The van der Waals surface area contributed by atoms with Crippen LogP contribution in [0.4, 0.5) is 8.78 Å². The molecule has 0 aliphatic heterocycles. The summed E-state index contributed by atoms with van der Waals surface area (Å²) in [5.41, 5.74) is 0.140. The van der Waals surface area contributed by atoms with Gasteiger partial charge in [-0.25, -0.2) is 13.6 Å². The lowest BCUT2D eigenvalue weighted by molar-refractivity contribution is -0.149. The zero-order valence-electron chi connectivity index (χ0n) is 7.83. The third-order valence-corrected chi connectivity index (χ3v) is 2.05. The monoisotopic (exact) mass is 214 g/mol. The summed E-state index contributed by atoms with van der Waals surface area (Å²) in [6, 6.07) is 2.86. The molecular weight excluding hydrogens is 206 g/mol. The molecule has 0 spiro atoms. The molecular formula is C10H8F2O3. The Morgan fingerprint density at radius 2 is 1.87 bits per heavy atom. The molecule has 1 aromatic rings. The molecule has 3 nitrogen and oxygen atoms in total. The highest BCUT2D eigenvalue weighted by atomic mass is 19.2. The summed E-state index contributed by atoms with van der Waals surface area (Å²) in [6.45, 7) is 1.32. The fourth-order valence-electron chi connectivity index (χ4n) is 1.12. The topological polar surface area (TPSA) is 54.4 Å².